The number of ether oxygens (including phenoxy) is 3. The number of carbonyl (C=O) groups excluding carboxylic acids is 3. The van der Waals surface area contributed by atoms with Crippen LogP contribution in [0.2, 0.25) is 0 Å². The van der Waals surface area contributed by atoms with Crippen LogP contribution in [-0.2, 0) is 28.6 Å². The molecule has 0 unspecified atom stereocenters. The molecular weight excluding hydrogens is 829 g/mol. The van der Waals surface area contributed by atoms with Gasteiger partial charge in [0.25, 0.3) is 0 Å². The first kappa shape index (κ1) is 63.8. The average Bonchev–Trinajstić information content (AvgIpc) is 3.33. The minimum Gasteiger partial charge on any atom is -0.462 e. The van der Waals surface area contributed by atoms with Gasteiger partial charge < -0.3 is 14.2 Å². The SMILES string of the molecule is CCCCC/C=C\C/C=C\C/C=C\C/C=C\C/C=C\CCC(=O)O[C@H](COC(=O)CCCCCCCCC/C=C\CCCCCCCC)COC(=O)CCCCCCCCCCCCCCC. The zero-order chi connectivity index (χ0) is 48.6. The Morgan fingerprint density at radius 3 is 0.940 bits per heavy atom. The second-order valence-electron chi connectivity index (χ2n) is 18.8. The van der Waals surface area contributed by atoms with Crippen LogP contribution in [0.1, 0.15) is 278 Å². The first-order chi connectivity index (χ1) is 33.0. The van der Waals surface area contributed by atoms with Gasteiger partial charge in [0.1, 0.15) is 13.2 Å². The molecule has 0 aromatic rings. The van der Waals surface area contributed by atoms with Gasteiger partial charge in [0.15, 0.2) is 6.10 Å². The van der Waals surface area contributed by atoms with Crippen LogP contribution in [0, 0.1) is 0 Å². The smallest absolute Gasteiger partial charge is 0.306 e. The van der Waals surface area contributed by atoms with Crippen molar-refractivity contribution in [2.24, 2.45) is 0 Å². The fourth-order valence-electron chi connectivity index (χ4n) is 7.89. The Morgan fingerprint density at radius 2 is 0.567 bits per heavy atom. The zero-order valence-electron chi connectivity index (χ0n) is 44.2. The Balaban J connectivity index is 4.48. The summed E-state index contributed by atoms with van der Waals surface area (Å²) < 4.78 is 16.8. The highest BCUT2D eigenvalue weighted by atomic mass is 16.6. The first-order valence-electron chi connectivity index (χ1n) is 28.4. The normalized spacial score (nSPS) is 12.6. The van der Waals surface area contributed by atoms with Crippen molar-refractivity contribution in [2.45, 2.75) is 284 Å². The largest absolute Gasteiger partial charge is 0.462 e. The van der Waals surface area contributed by atoms with Crippen molar-refractivity contribution in [2.75, 3.05) is 13.2 Å². The highest BCUT2D eigenvalue weighted by molar-refractivity contribution is 5.71. The van der Waals surface area contributed by atoms with Crippen LogP contribution in [-0.4, -0.2) is 37.2 Å². The fourth-order valence-corrected chi connectivity index (χ4v) is 7.89. The van der Waals surface area contributed by atoms with Crippen molar-refractivity contribution in [3.8, 4) is 0 Å². The molecule has 0 aromatic heterocycles. The van der Waals surface area contributed by atoms with Crippen molar-refractivity contribution < 1.29 is 28.6 Å². The van der Waals surface area contributed by atoms with Gasteiger partial charge in [-0.2, -0.15) is 0 Å². The second-order valence-corrected chi connectivity index (χ2v) is 18.8. The third-order valence-electron chi connectivity index (χ3n) is 12.2. The molecule has 6 heteroatoms. The predicted octanol–water partition coefficient (Wildman–Crippen LogP) is 19.0. The summed E-state index contributed by atoms with van der Waals surface area (Å²) in [7, 11) is 0. The lowest BCUT2D eigenvalue weighted by molar-refractivity contribution is -0.166. The molecule has 0 aliphatic carbocycles. The lowest BCUT2D eigenvalue weighted by Crippen LogP contribution is -2.30. The third kappa shape index (κ3) is 53.7. The summed E-state index contributed by atoms with van der Waals surface area (Å²) in [5.74, 6) is -0.984. The van der Waals surface area contributed by atoms with E-state index >= 15 is 0 Å². The van der Waals surface area contributed by atoms with E-state index in [2.05, 4.69) is 87.6 Å². The van der Waals surface area contributed by atoms with E-state index in [1.165, 1.54) is 167 Å². The van der Waals surface area contributed by atoms with Crippen molar-refractivity contribution in [1.29, 1.82) is 0 Å². The van der Waals surface area contributed by atoms with Crippen LogP contribution in [0.5, 0.6) is 0 Å². The van der Waals surface area contributed by atoms with Crippen LogP contribution in [0.3, 0.4) is 0 Å². The number of unbranched alkanes of at least 4 members (excludes halogenated alkanes) is 28. The summed E-state index contributed by atoms with van der Waals surface area (Å²) in [6.45, 7) is 6.56. The van der Waals surface area contributed by atoms with Gasteiger partial charge in [-0.3, -0.25) is 14.4 Å². The van der Waals surface area contributed by atoms with Crippen molar-refractivity contribution in [3.05, 3.63) is 72.9 Å². The van der Waals surface area contributed by atoms with Crippen LogP contribution in [0.15, 0.2) is 72.9 Å². The molecule has 0 heterocycles. The van der Waals surface area contributed by atoms with Crippen LogP contribution >= 0.6 is 0 Å². The topological polar surface area (TPSA) is 78.9 Å². The Labute approximate surface area is 414 Å². The second kappa shape index (κ2) is 55.4. The number of allylic oxidation sites excluding steroid dienone is 12. The zero-order valence-corrected chi connectivity index (χ0v) is 44.2. The van der Waals surface area contributed by atoms with Crippen LogP contribution in [0.25, 0.3) is 0 Å². The van der Waals surface area contributed by atoms with Gasteiger partial charge in [-0.15, -0.1) is 0 Å². The molecule has 0 bridgehead atoms. The summed E-state index contributed by atoms with van der Waals surface area (Å²) in [4.78, 5) is 38.1. The third-order valence-corrected chi connectivity index (χ3v) is 12.2. The van der Waals surface area contributed by atoms with Crippen molar-refractivity contribution >= 4 is 17.9 Å². The van der Waals surface area contributed by atoms with E-state index in [1.54, 1.807) is 0 Å². The summed E-state index contributed by atoms with van der Waals surface area (Å²) in [5, 5.41) is 0. The Kier molecular flexibility index (Phi) is 52.8. The van der Waals surface area contributed by atoms with Gasteiger partial charge in [-0.1, -0.05) is 248 Å². The summed E-state index contributed by atoms with van der Waals surface area (Å²) in [5.41, 5.74) is 0. The predicted molar refractivity (Wildman–Crippen MR) is 288 cm³/mol. The molecule has 0 saturated carbocycles. The van der Waals surface area contributed by atoms with E-state index in [9.17, 15) is 14.4 Å². The molecule has 0 fully saturated rings. The van der Waals surface area contributed by atoms with Gasteiger partial charge in [-0.05, 0) is 83.5 Å². The van der Waals surface area contributed by atoms with E-state index < -0.39 is 6.10 Å². The molecular formula is C61H106O6. The molecule has 0 spiro atoms. The van der Waals surface area contributed by atoms with Gasteiger partial charge in [-0.25, -0.2) is 0 Å². The molecule has 67 heavy (non-hydrogen) atoms. The maximum absolute atomic E-state index is 12.8. The first-order valence-corrected chi connectivity index (χ1v) is 28.4. The lowest BCUT2D eigenvalue weighted by atomic mass is 10.0. The minimum absolute atomic E-state index is 0.104. The van der Waals surface area contributed by atoms with Gasteiger partial charge in [0.05, 0.1) is 0 Å². The molecule has 0 radical (unpaired) electrons. The van der Waals surface area contributed by atoms with Gasteiger partial charge in [0.2, 0.25) is 0 Å². The van der Waals surface area contributed by atoms with Crippen molar-refractivity contribution in [3.63, 3.8) is 0 Å². The van der Waals surface area contributed by atoms with Crippen LogP contribution < -0.4 is 0 Å². The molecule has 1 atom stereocenters. The van der Waals surface area contributed by atoms with E-state index in [0.717, 1.165) is 64.2 Å². The monoisotopic (exact) mass is 935 g/mol. The molecule has 0 aliphatic rings. The molecule has 0 aliphatic heterocycles. The highest BCUT2D eigenvalue weighted by Gasteiger charge is 2.19. The van der Waals surface area contributed by atoms with Gasteiger partial charge >= 0.3 is 17.9 Å². The number of hydrogen-bond acceptors (Lipinski definition) is 6. The summed E-state index contributed by atoms with van der Waals surface area (Å²) >= 11 is 0. The van der Waals surface area contributed by atoms with Crippen LogP contribution in [0.4, 0.5) is 0 Å². The number of esters is 3. The maximum Gasteiger partial charge on any atom is 0.306 e. The highest BCUT2D eigenvalue weighted by Crippen LogP contribution is 2.15. The molecule has 0 rings (SSSR count). The molecule has 6 nitrogen and oxygen atoms in total. The molecule has 0 amide bonds. The average molecular weight is 936 g/mol. The Bertz CT molecular complexity index is 1260. The number of hydrogen-bond donors (Lipinski definition) is 0. The maximum atomic E-state index is 12.8. The van der Waals surface area contributed by atoms with E-state index in [4.69, 9.17) is 14.2 Å². The number of rotatable bonds is 51. The molecule has 0 aromatic carbocycles. The lowest BCUT2D eigenvalue weighted by Gasteiger charge is -2.18. The van der Waals surface area contributed by atoms with E-state index in [1.807, 2.05) is 6.08 Å². The standard InChI is InChI=1S/C61H106O6/c1-4-7-10-13-16-19-22-25-27-29-30-32-34-37-40-43-46-49-52-55-61(64)67-58(56-65-59(62)53-50-47-44-41-38-35-24-21-18-15-12-9-6-3)57-66-60(63)54-51-48-45-42-39-36-33-31-28-26-23-20-17-14-11-8-5-2/h16,19,25-28,30,32,37,40,46,49,58H,4-15,17-18,20-24,29,31,33-36,38-39,41-45,47-48,50-57H2,1-3H3/b19-16-,27-25-,28-26-,32-30-,40-37-,49-46-/t58-/m0/s1. The summed E-state index contributed by atoms with van der Waals surface area (Å²) in [6, 6.07) is 0. The Morgan fingerprint density at radius 1 is 0.299 bits per heavy atom. The molecule has 386 valence electrons. The molecule has 0 saturated heterocycles. The fraction of sp³-hybridized carbons (Fsp3) is 0.754. The minimum atomic E-state index is -0.815. The van der Waals surface area contributed by atoms with E-state index in [-0.39, 0.29) is 37.5 Å². The summed E-state index contributed by atoms with van der Waals surface area (Å²) in [6.07, 6.45) is 70.4. The number of carbonyl (C=O) groups is 3. The molecule has 0 N–H and O–H groups in total. The van der Waals surface area contributed by atoms with Gasteiger partial charge in [0, 0.05) is 19.3 Å². The van der Waals surface area contributed by atoms with E-state index in [0.29, 0.717) is 19.3 Å². The Hall–Kier alpha value is -3.15. The van der Waals surface area contributed by atoms with Crippen molar-refractivity contribution in [1.82, 2.24) is 0 Å². The quantitative estimate of drug-likeness (QED) is 0.0262.